The summed E-state index contributed by atoms with van der Waals surface area (Å²) in [5, 5.41) is 0. The molecule has 4 atom stereocenters. The Morgan fingerprint density at radius 1 is 1.46 bits per heavy atom. The van der Waals surface area contributed by atoms with Crippen molar-refractivity contribution in [2.24, 2.45) is 5.73 Å². The van der Waals surface area contributed by atoms with Gasteiger partial charge in [0, 0.05) is 13.0 Å². The molecule has 0 radical (unpaired) electrons. The van der Waals surface area contributed by atoms with E-state index in [0.29, 0.717) is 12.6 Å². The zero-order valence-corrected chi connectivity index (χ0v) is 8.45. The second kappa shape index (κ2) is 3.23. The highest BCUT2D eigenvalue weighted by atomic mass is 16.6. The van der Waals surface area contributed by atoms with Gasteiger partial charge in [0.1, 0.15) is 0 Å². The Labute approximate surface area is 79.6 Å². The summed E-state index contributed by atoms with van der Waals surface area (Å²) >= 11 is 0. The topological polar surface area (TPSA) is 44.5 Å². The highest BCUT2D eigenvalue weighted by Crippen LogP contribution is 2.43. The first-order valence-electron chi connectivity index (χ1n) is 5.19. The lowest BCUT2D eigenvalue weighted by Crippen LogP contribution is -2.37. The molecule has 2 fully saturated rings. The second-order valence-corrected chi connectivity index (χ2v) is 4.37. The quantitative estimate of drug-likeness (QED) is 0.664. The summed E-state index contributed by atoms with van der Waals surface area (Å²) in [6.07, 6.45) is 4.07. The van der Waals surface area contributed by atoms with Crippen molar-refractivity contribution in [3.63, 3.8) is 0 Å². The predicted octanol–water partition coefficient (Wildman–Crippen LogP) is 1.06. The number of hydrogen-bond acceptors (Lipinski definition) is 3. The first-order valence-corrected chi connectivity index (χ1v) is 5.19. The van der Waals surface area contributed by atoms with Crippen molar-refractivity contribution in [2.45, 2.75) is 57.0 Å². The molecule has 3 heteroatoms. The van der Waals surface area contributed by atoms with Gasteiger partial charge in [0.15, 0.2) is 0 Å². The molecule has 2 aliphatic rings. The summed E-state index contributed by atoms with van der Waals surface area (Å²) in [4.78, 5) is 0. The molecule has 3 nitrogen and oxygen atoms in total. The molecule has 2 N–H and O–H groups in total. The Hall–Kier alpha value is -0.120. The first kappa shape index (κ1) is 9.44. The van der Waals surface area contributed by atoms with Crippen LogP contribution in [0.15, 0.2) is 0 Å². The third kappa shape index (κ3) is 1.49. The van der Waals surface area contributed by atoms with Crippen LogP contribution in [0, 0.1) is 0 Å². The molecule has 76 valence electrons. The first-order chi connectivity index (χ1) is 6.16. The normalized spacial score (nSPS) is 50.5. The molecular formula is C10H19NO2. The van der Waals surface area contributed by atoms with Crippen LogP contribution in [0.4, 0.5) is 0 Å². The molecule has 2 rings (SSSR count). The van der Waals surface area contributed by atoms with Gasteiger partial charge in [-0.15, -0.1) is 0 Å². The molecule has 0 amide bonds. The van der Waals surface area contributed by atoms with Gasteiger partial charge in [0.25, 0.3) is 0 Å². The number of ether oxygens (including phenoxy) is 2. The molecule has 0 aromatic heterocycles. The van der Waals surface area contributed by atoms with Crippen molar-refractivity contribution in [1.29, 1.82) is 0 Å². The van der Waals surface area contributed by atoms with Crippen LogP contribution in [0.1, 0.15) is 33.1 Å². The van der Waals surface area contributed by atoms with E-state index in [1.165, 1.54) is 0 Å². The predicted molar refractivity (Wildman–Crippen MR) is 50.5 cm³/mol. The minimum Gasteiger partial charge on any atom is -0.372 e. The molecule has 1 spiro atoms. The van der Waals surface area contributed by atoms with Crippen molar-refractivity contribution in [3.8, 4) is 0 Å². The highest BCUT2D eigenvalue weighted by Gasteiger charge is 2.50. The number of hydrogen-bond donors (Lipinski definition) is 1. The lowest BCUT2D eigenvalue weighted by atomic mass is 9.91. The van der Waals surface area contributed by atoms with Crippen LogP contribution in [0.3, 0.4) is 0 Å². The molecule has 0 aromatic carbocycles. The molecule has 2 aliphatic heterocycles. The lowest BCUT2D eigenvalue weighted by molar-refractivity contribution is -0.0782. The fourth-order valence-electron chi connectivity index (χ4n) is 2.64. The molecule has 0 unspecified atom stereocenters. The van der Waals surface area contributed by atoms with E-state index in [2.05, 4.69) is 13.8 Å². The van der Waals surface area contributed by atoms with Crippen molar-refractivity contribution in [3.05, 3.63) is 0 Å². The monoisotopic (exact) mass is 185 g/mol. The SMILES string of the molecule is C[C@@H]1C[C@]2(CC[C@H](CN)O2)[C@@H](C)O1. The molecule has 0 bridgehead atoms. The molecule has 2 saturated heterocycles. The van der Waals surface area contributed by atoms with E-state index < -0.39 is 0 Å². The zero-order valence-electron chi connectivity index (χ0n) is 8.45. The molecule has 0 saturated carbocycles. The zero-order chi connectivity index (χ0) is 9.47. The van der Waals surface area contributed by atoms with Gasteiger partial charge in [0.05, 0.1) is 23.9 Å². The van der Waals surface area contributed by atoms with E-state index in [-0.39, 0.29) is 17.8 Å². The minimum absolute atomic E-state index is 0.0105. The number of nitrogens with two attached hydrogens (primary N) is 1. The fraction of sp³-hybridized carbons (Fsp3) is 1.00. The van der Waals surface area contributed by atoms with Crippen molar-refractivity contribution < 1.29 is 9.47 Å². The fourth-order valence-corrected chi connectivity index (χ4v) is 2.64. The molecule has 0 aromatic rings. The second-order valence-electron chi connectivity index (χ2n) is 4.37. The van der Waals surface area contributed by atoms with Gasteiger partial charge >= 0.3 is 0 Å². The third-order valence-corrected chi connectivity index (χ3v) is 3.36. The van der Waals surface area contributed by atoms with Crippen molar-refractivity contribution in [2.75, 3.05) is 6.54 Å². The average molecular weight is 185 g/mol. The summed E-state index contributed by atoms with van der Waals surface area (Å²) in [6.45, 7) is 4.87. The van der Waals surface area contributed by atoms with Crippen LogP contribution in [0.2, 0.25) is 0 Å². The lowest BCUT2D eigenvalue weighted by Gasteiger charge is -2.27. The summed E-state index contributed by atoms with van der Waals surface area (Å²) in [5.41, 5.74) is 5.59. The van der Waals surface area contributed by atoms with Gasteiger partial charge in [-0.1, -0.05) is 0 Å². The summed E-state index contributed by atoms with van der Waals surface area (Å²) in [5.74, 6) is 0. The minimum atomic E-state index is -0.0105. The Balaban J connectivity index is 2.06. The van der Waals surface area contributed by atoms with Crippen LogP contribution < -0.4 is 5.73 Å². The Kier molecular flexibility index (Phi) is 2.34. The van der Waals surface area contributed by atoms with E-state index in [1.54, 1.807) is 0 Å². The van der Waals surface area contributed by atoms with E-state index in [4.69, 9.17) is 15.2 Å². The average Bonchev–Trinajstić information content (AvgIpc) is 2.59. The van der Waals surface area contributed by atoms with E-state index in [0.717, 1.165) is 19.3 Å². The molecule has 0 aliphatic carbocycles. The van der Waals surface area contributed by atoms with Crippen LogP contribution in [-0.2, 0) is 9.47 Å². The van der Waals surface area contributed by atoms with E-state index in [1.807, 2.05) is 0 Å². The molecule has 2 heterocycles. The third-order valence-electron chi connectivity index (χ3n) is 3.36. The van der Waals surface area contributed by atoms with Crippen LogP contribution >= 0.6 is 0 Å². The van der Waals surface area contributed by atoms with Crippen LogP contribution in [0.5, 0.6) is 0 Å². The van der Waals surface area contributed by atoms with Crippen molar-refractivity contribution >= 4 is 0 Å². The molecule has 13 heavy (non-hydrogen) atoms. The van der Waals surface area contributed by atoms with Crippen LogP contribution in [0.25, 0.3) is 0 Å². The van der Waals surface area contributed by atoms with Gasteiger partial charge in [-0.25, -0.2) is 0 Å². The largest absolute Gasteiger partial charge is 0.372 e. The van der Waals surface area contributed by atoms with E-state index in [9.17, 15) is 0 Å². The highest BCUT2D eigenvalue weighted by molar-refractivity contribution is 4.99. The smallest absolute Gasteiger partial charge is 0.0970 e. The summed E-state index contributed by atoms with van der Waals surface area (Å²) in [7, 11) is 0. The maximum absolute atomic E-state index is 5.99. The van der Waals surface area contributed by atoms with Gasteiger partial charge < -0.3 is 15.2 Å². The van der Waals surface area contributed by atoms with Gasteiger partial charge in [-0.3, -0.25) is 0 Å². The summed E-state index contributed by atoms with van der Waals surface area (Å²) < 4.78 is 11.7. The van der Waals surface area contributed by atoms with E-state index >= 15 is 0 Å². The van der Waals surface area contributed by atoms with Gasteiger partial charge in [-0.2, -0.15) is 0 Å². The standard InChI is InChI=1S/C10H19NO2/c1-7-5-10(8(2)12-7)4-3-9(6-11)13-10/h7-9H,3-6,11H2,1-2H3/t7-,8-,9-,10-/m1/s1. The number of rotatable bonds is 1. The maximum atomic E-state index is 5.99. The van der Waals surface area contributed by atoms with Gasteiger partial charge in [-0.05, 0) is 26.7 Å². The summed E-state index contributed by atoms with van der Waals surface area (Å²) in [6, 6.07) is 0. The Morgan fingerprint density at radius 2 is 2.23 bits per heavy atom. The van der Waals surface area contributed by atoms with Crippen LogP contribution in [-0.4, -0.2) is 30.5 Å². The van der Waals surface area contributed by atoms with Crippen molar-refractivity contribution in [1.82, 2.24) is 0 Å². The molecular weight excluding hydrogens is 166 g/mol. The van der Waals surface area contributed by atoms with Gasteiger partial charge in [0.2, 0.25) is 0 Å². The maximum Gasteiger partial charge on any atom is 0.0970 e. The Morgan fingerprint density at radius 3 is 2.69 bits per heavy atom. The Bertz CT molecular complexity index is 197.